The highest BCUT2D eigenvalue weighted by atomic mass is 16.7. The van der Waals surface area contributed by atoms with Gasteiger partial charge in [0.1, 0.15) is 28.7 Å². The van der Waals surface area contributed by atoms with Crippen molar-refractivity contribution in [3.8, 4) is 17.6 Å². The number of hydrogen-bond acceptors (Lipinski definition) is 7. The monoisotopic (exact) mass is 437 g/mol. The van der Waals surface area contributed by atoms with Gasteiger partial charge in [-0.05, 0) is 57.5 Å². The van der Waals surface area contributed by atoms with Crippen molar-refractivity contribution in [2.75, 3.05) is 12.0 Å². The number of amides is 3. The van der Waals surface area contributed by atoms with E-state index in [1.165, 1.54) is 37.4 Å². The fourth-order valence-corrected chi connectivity index (χ4v) is 3.20. The van der Waals surface area contributed by atoms with Crippen LogP contribution in [-0.2, 0) is 15.1 Å². The smallest absolute Gasteiger partial charge is 0.495 e. The molecular weight excluding hydrogens is 414 g/mol. The van der Waals surface area contributed by atoms with Crippen molar-refractivity contribution in [3.63, 3.8) is 0 Å². The van der Waals surface area contributed by atoms with Crippen molar-refractivity contribution >= 4 is 23.8 Å². The molecule has 1 heterocycles. The third-order valence-corrected chi connectivity index (χ3v) is 4.78. The Kier molecular flexibility index (Phi) is 5.82. The maximum absolute atomic E-state index is 13.2. The summed E-state index contributed by atoms with van der Waals surface area (Å²) >= 11 is 0. The number of hydrogen-bond donors (Lipinski definition) is 1. The number of nitrogens with one attached hydrogen (secondary N) is 1. The van der Waals surface area contributed by atoms with Crippen LogP contribution in [0.1, 0.15) is 38.8 Å². The number of nitrogens with zero attached hydrogens (tertiary/aromatic N) is 2. The lowest BCUT2D eigenvalue weighted by molar-refractivity contribution is -0.121. The van der Waals surface area contributed by atoms with Crippen LogP contribution in [0.4, 0.5) is 15.3 Å². The molecule has 2 aromatic carbocycles. The molecule has 1 aliphatic rings. The minimum absolute atomic E-state index is 0.233. The number of imide groups is 1. The highest BCUT2D eigenvalue weighted by Gasteiger charge is 2.49. The second-order valence-corrected chi connectivity index (χ2v) is 8.28. The van der Waals surface area contributed by atoms with E-state index in [4.69, 9.17) is 19.5 Å². The molecule has 1 saturated heterocycles. The first-order chi connectivity index (χ1) is 15.0. The van der Waals surface area contributed by atoms with Gasteiger partial charge < -0.3 is 19.5 Å². The summed E-state index contributed by atoms with van der Waals surface area (Å²) in [6.07, 6.45) is -0.845. The lowest BCUT2D eigenvalue weighted by atomic mass is 9.92. The van der Waals surface area contributed by atoms with E-state index in [1.54, 1.807) is 39.8 Å². The molecule has 0 aliphatic carbocycles. The van der Waals surface area contributed by atoms with Gasteiger partial charge in [0, 0.05) is 6.07 Å². The van der Waals surface area contributed by atoms with Gasteiger partial charge in [-0.3, -0.25) is 4.79 Å². The molecule has 0 radical (unpaired) electrons. The van der Waals surface area contributed by atoms with E-state index in [1.807, 2.05) is 6.07 Å². The largest absolute Gasteiger partial charge is 0.514 e. The van der Waals surface area contributed by atoms with Crippen LogP contribution in [0.25, 0.3) is 0 Å². The molecule has 0 spiro atoms. The van der Waals surface area contributed by atoms with Gasteiger partial charge in [-0.1, -0.05) is 12.1 Å². The van der Waals surface area contributed by atoms with E-state index in [0.29, 0.717) is 5.56 Å². The third-order valence-electron chi connectivity index (χ3n) is 4.78. The molecule has 32 heavy (non-hydrogen) atoms. The van der Waals surface area contributed by atoms with Crippen molar-refractivity contribution < 1.29 is 28.6 Å². The van der Waals surface area contributed by atoms with Gasteiger partial charge in [-0.2, -0.15) is 5.26 Å². The molecule has 0 bridgehead atoms. The molecule has 1 atom stereocenters. The average Bonchev–Trinajstić information content (AvgIpc) is 2.95. The number of nitriles is 1. The number of benzene rings is 2. The third kappa shape index (κ3) is 4.34. The topological polar surface area (TPSA) is 118 Å². The van der Waals surface area contributed by atoms with Gasteiger partial charge in [-0.25, -0.2) is 14.5 Å². The zero-order chi connectivity index (χ0) is 23.7. The predicted molar refractivity (Wildman–Crippen MR) is 114 cm³/mol. The summed E-state index contributed by atoms with van der Waals surface area (Å²) in [5.74, 6) is -0.0185. The molecular formula is C23H23N3O6. The molecule has 0 saturated carbocycles. The van der Waals surface area contributed by atoms with Gasteiger partial charge in [0.15, 0.2) is 0 Å². The van der Waals surface area contributed by atoms with Gasteiger partial charge in [-0.15, -0.1) is 0 Å². The number of rotatable bonds is 4. The lowest BCUT2D eigenvalue weighted by Crippen LogP contribution is -2.40. The van der Waals surface area contributed by atoms with E-state index >= 15 is 0 Å². The molecule has 3 rings (SSSR count). The molecule has 9 nitrogen and oxygen atoms in total. The van der Waals surface area contributed by atoms with Crippen LogP contribution in [0.2, 0.25) is 0 Å². The van der Waals surface area contributed by atoms with Crippen molar-refractivity contribution in [2.45, 2.75) is 38.8 Å². The fourth-order valence-electron chi connectivity index (χ4n) is 3.20. The molecule has 3 amide bonds. The van der Waals surface area contributed by atoms with E-state index < -0.39 is 29.2 Å². The Bertz CT molecular complexity index is 1110. The van der Waals surface area contributed by atoms with E-state index in [-0.39, 0.29) is 22.7 Å². The van der Waals surface area contributed by atoms with Crippen LogP contribution in [0.3, 0.4) is 0 Å². The summed E-state index contributed by atoms with van der Waals surface area (Å²) in [7, 11) is 1.40. The number of carbonyl (C=O) groups excluding carboxylic acids is 3. The van der Waals surface area contributed by atoms with E-state index in [9.17, 15) is 14.4 Å². The Labute approximate surface area is 185 Å². The molecule has 9 heteroatoms. The Hall–Kier alpha value is -4.06. The quantitative estimate of drug-likeness (QED) is 0.438. The molecule has 0 aromatic heterocycles. The average molecular weight is 437 g/mol. The summed E-state index contributed by atoms with van der Waals surface area (Å²) in [4.78, 5) is 38.7. The van der Waals surface area contributed by atoms with Crippen LogP contribution in [0.5, 0.6) is 11.5 Å². The zero-order valence-electron chi connectivity index (χ0n) is 18.4. The maximum atomic E-state index is 13.2. The molecule has 1 unspecified atom stereocenters. The Morgan fingerprint density at radius 1 is 1.12 bits per heavy atom. The van der Waals surface area contributed by atoms with Gasteiger partial charge in [0.2, 0.25) is 0 Å². The Morgan fingerprint density at radius 3 is 2.34 bits per heavy atom. The van der Waals surface area contributed by atoms with Crippen molar-refractivity contribution in [1.82, 2.24) is 5.32 Å². The van der Waals surface area contributed by atoms with Crippen LogP contribution >= 0.6 is 0 Å². The molecule has 166 valence electrons. The first kappa shape index (κ1) is 22.6. The van der Waals surface area contributed by atoms with Crippen molar-refractivity contribution in [2.24, 2.45) is 0 Å². The Balaban J connectivity index is 1.84. The lowest BCUT2D eigenvalue weighted by Gasteiger charge is -2.23. The molecule has 2 aromatic rings. The SMILES string of the molecule is COc1cc(N2C(=O)NC(C)(c3ccc(OC(=O)OC(C)(C)C)cc3)C2=O)ccc1C#N. The predicted octanol–water partition coefficient (Wildman–Crippen LogP) is 3.85. The highest BCUT2D eigenvalue weighted by Crippen LogP contribution is 2.35. The van der Waals surface area contributed by atoms with Crippen LogP contribution in [0.15, 0.2) is 42.5 Å². The van der Waals surface area contributed by atoms with Crippen molar-refractivity contribution in [3.05, 3.63) is 53.6 Å². The number of urea groups is 1. The highest BCUT2D eigenvalue weighted by molar-refractivity contribution is 6.23. The summed E-state index contributed by atoms with van der Waals surface area (Å²) in [5.41, 5.74) is -0.982. The van der Waals surface area contributed by atoms with Gasteiger partial charge in [0.05, 0.1) is 18.4 Å². The van der Waals surface area contributed by atoms with Gasteiger partial charge in [0.25, 0.3) is 5.91 Å². The van der Waals surface area contributed by atoms with Crippen LogP contribution < -0.4 is 19.7 Å². The van der Waals surface area contributed by atoms with Crippen LogP contribution in [0, 0.1) is 11.3 Å². The number of ether oxygens (including phenoxy) is 3. The van der Waals surface area contributed by atoms with Gasteiger partial charge >= 0.3 is 12.2 Å². The fraction of sp³-hybridized carbons (Fsp3) is 0.304. The summed E-state index contributed by atoms with van der Waals surface area (Å²) < 4.78 is 15.4. The first-order valence-corrected chi connectivity index (χ1v) is 9.75. The maximum Gasteiger partial charge on any atom is 0.514 e. The van der Waals surface area contributed by atoms with E-state index in [2.05, 4.69) is 5.32 Å². The van der Waals surface area contributed by atoms with Crippen LogP contribution in [-0.4, -0.2) is 30.8 Å². The minimum Gasteiger partial charge on any atom is -0.495 e. The minimum atomic E-state index is -1.34. The summed E-state index contributed by atoms with van der Waals surface area (Å²) in [6.45, 7) is 6.75. The first-order valence-electron chi connectivity index (χ1n) is 9.75. The second kappa shape index (κ2) is 8.23. The molecule has 1 aliphatic heterocycles. The summed E-state index contributed by atoms with van der Waals surface area (Å²) in [6, 6.07) is 12.0. The van der Waals surface area contributed by atoms with E-state index in [0.717, 1.165) is 4.90 Å². The normalized spacial score (nSPS) is 18.1. The molecule has 1 N–H and O–H groups in total. The standard InChI is InChI=1S/C23H23N3O6/c1-22(2,3)32-21(29)31-17-10-7-15(8-11-17)23(4)19(27)26(20(28)25-23)16-9-6-14(13-24)18(12-16)30-5/h6-12H,1-5H3,(H,25,28). The Morgan fingerprint density at radius 2 is 1.78 bits per heavy atom. The number of methoxy groups -OCH3 is 1. The zero-order valence-corrected chi connectivity index (χ0v) is 18.4. The molecule has 1 fully saturated rings. The number of anilines is 1. The summed E-state index contributed by atoms with van der Waals surface area (Å²) in [5, 5.41) is 11.8. The van der Waals surface area contributed by atoms with Crippen molar-refractivity contribution in [1.29, 1.82) is 5.26 Å². The second-order valence-electron chi connectivity index (χ2n) is 8.28. The number of carbonyl (C=O) groups is 3.